The molecule has 0 aromatic heterocycles. The Morgan fingerprint density at radius 1 is 0.759 bits per heavy atom. The summed E-state index contributed by atoms with van der Waals surface area (Å²) in [5.41, 5.74) is 7.67. The first-order valence-electron chi connectivity index (χ1n) is 10.3. The lowest BCUT2D eigenvalue weighted by atomic mass is 9.88. The Hall–Kier alpha value is -2.84. The molecule has 0 spiro atoms. The molecule has 150 valence electrons. The molecule has 29 heavy (non-hydrogen) atoms. The summed E-state index contributed by atoms with van der Waals surface area (Å²) in [5.74, 6) is 0.913. The van der Waals surface area contributed by atoms with Gasteiger partial charge >= 0.3 is 0 Å². The molecule has 0 radical (unpaired) electrons. The third kappa shape index (κ3) is 5.58. The summed E-state index contributed by atoms with van der Waals surface area (Å²) >= 11 is 0. The molecule has 0 saturated heterocycles. The Kier molecular flexibility index (Phi) is 7.26. The smallest absolute Gasteiger partial charge is 0.119 e. The van der Waals surface area contributed by atoms with E-state index < -0.39 is 0 Å². The van der Waals surface area contributed by atoms with E-state index in [9.17, 15) is 0 Å². The van der Waals surface area contributed by atoms with Crippen molar-refractivity contribution in [2.75, 3.05) is 27.2 Å². The van der Waals surface area contributed by atoms with Crippen molar-refractivity contribution in [3.05, 3.63) is 101 Å². The van der Waals surface area contributed by atoms with Crippen LogP contribution in [0, 0.1) is 6.92 Å². The Morgan fingerprint density at radius 3 is 1.93 bits per heavy atom. The average molecular weight is 386 g/mol. The minimum atomic E-state index is 0.692. The third-order valence-electron chi connectivity index (χ3n) is 5.07. The molecular weight excluding hydrogens is 354 g/mol. The number of hydrogen-bond donors (Lipinski definition) is 0. The molecule has 0 aliphatic heterocycles. The zero-order chi connectivity index (χ0) is 20.6. The fourth-order valence-corrected chi connectivity index (χ4v) is 3.46. The van der Waals surface area contributed by atoms with Crippen LogP contribution in [0.15, 0.2) is 78.9 Å². The average Bonchev–Trinajstić information content (AvgIpc) is 2.74. The topological polar surface area (TPSA) is 12.5 Å². The molecule has 0 aliphatic rings. The fourth-order valence-electron chi connectivity index (χ4n) is 3.46. The molecule has 2 nitrogen and oxygen atoms in total. The molecule has 2 heteroatoms. The first kappa shape index (κ1) is 20.9. The van der Waals surface area contributed by atoms with Gasteiger partial charge in [-0.2, -0.15) is 0 Å². The summed E-state index contributed by atoms with van der Waals surface area (Å²) in [4.78, 5) is 2.12. The molecular formula is C27H31NO. The van der Waals surface area contributed by atoms with Gasteiger partial charge in [-0.25, -0.2) is 0 Å². The monoisotopic (exact) mass is 385 g/mol. The maximum absolute atomic E-state index is 5.88. The van der Waals surface area contributed by atoms with Crippen LogP contribution in [0.5, 0.6) is 5.75 Å². The molecule has 0 unspecified atom stereocenters. The first-order chi connectivity index (χ1) is 14.1. The number of ether oxygens (including phenoxy) is 1. The van der Waals surface area contributed by atoms with Gasteiger partial charge in [0.1, 0.15) is 12.4 Å². The van der Waals surface area contributed by atoms with E-state index in [1.54, 1.807) is 0 Å². The van der Waals surface area contributed by atoms with Crippen LogP contribution in [-0.2, 0) is 0 Å². The van der Waals surface area contributed by atoms with Crippen molar-refractivity contribution in [2.45, 2.75) is 20.3 Å². The van der Waals surface area contributed by atoms with Crippen molar-refractivity contribution in [2.24, 2.45) is 0 Å². The van der Waals surface area contributed by atoms with Gasteiger partial charge in [0.25, 0.3) is 0 Å². The van der Waals surface area contributed by atoms with Crippen LogP contribution in [0.3, 0.4) is 0 Å². The second-order valence-corrected chi connectivity index (χ2v) is 7.62. The third-order valence-corrected chi connectivity index (χ3v) is 5.07. The van der Waals surface area contributed by atoms with Gasteiger partial charge in [0.2, 0.25) is 0 Å². The minimum absolute atomic E-state index is 0.692. The van der Waals surface area contributed by atoms with Crippen molar-refractivity contribution in [3.63, 3.8) is 0 Å². The Morgan fingerprint density at radius 2 is 1.34 bits per heavy atom. The maximum Gasteiger partial charge on any atom is 0.119 e. The Labute approximate surface area is 175 Å². The second kappa shape index (κ2) is 10.1. The van der Waals surface area contributed by atoms with E-state index in [4.69, 9.17) is 4.74 Å². The molecule has 0 amide bonds. The molecule has 0 fully saturated rings. The highest BCUT2D eigenvalue weighted by atomic mass is 16.5. The lowest BCUT2D eigenvalue weighted by Gasteiger charge is -2.17. The maximum atomic E-state index is 5.88. The molecule has 0 bridgehead atoms. The second-order valence-electron chi connectivity index (χ2n) is 7.62. The first-order valence-corrected chi connectivity index (χ1v) is 10.3. The Bertz CT molecular complexity index is 923. The van der Waals surface area contributed by atoms with Gasteiger partial charge in [-0.05, 0) is 67.4 Å². The molecule has 0 heterocycles. The predicted molar refractivity (Wildman–Crippen MR) is 124 cm³/mol. The summed E-state index contributed by atoms with van der Waals surface area (Å²) in [7, 11) is 4.11. The van der Waals surface area contributed by atoms with Gasteiger partial charge in [-0.3, -0.25) is 0 Å². The lowest BCUT2D eigenvalue weighted by molar-refractivity contribution is 0.261. The summed E-state index contributed by atoms with van der Waals surface area (Å²) in [5, 5.41) is 0. The van der Waals surface area contributed by atoms with E-state index in [0.29, 0.717) is 6.61 Å². The van der Waals surface area contributed by atoms with Crippen LogP contribution in [-0.4, -0.2) is 32.1 Å². The molecule has 3 aromatic carbocycles. The van der Waals surface area contributed by atoms with Crippen LogP contribution in [0.2, 0.25) is 0 Å². The predicted octanol–water partition coefficient (Wildman–Crippen LogP) is 6.30. The van der Waals surface area contributed by atoms with Gasteiger partial charge in [0, 0.05) is 6.54 Å². The highest BCUT2D eigenvalue weighted by Crippen LogP contribution is 2.35. The highest BCUT2D eigenvalue weighted by molar-refractivity contribution is 5.98. The fraction of sp³-hybridized carbons (Fsp3) is 0.259. The van der Waals surface area contributed by atoms with Crippen molar-refractivity contribution in [3.8, 4) is 5.75 Å². The molecule has 0 aliphatic carbocycles. The number of hydrogen-bond acceptors (Lipinski definition) is 2. The van der Waals surface area contributed by atoms with E-state index in [1.165, 1.54) is 33.4 Å². The van der Waals surface area contributed by atoms with E-state index >= 15 is 0 Å². The van der Waals surface area contributed by atoms with Crippen LogP contribution in [0.4, 0.5) is 0 Å². The Balaban J connectivity index is 2.01. The zero-order valence-electron chi connectivity index (χ0n) is 18.0. The number of likely N-dealkylation sites (N-methyl/N-ethyl adjacent to an activating group) is 1. The SMILES string of the molecule is CCC(=C(c1ccccc1)c1ccc(OCCN(C)C)cc1)c1ccc(C)cc1. The molecule has 3 aromatic rings. The largest absolute Gasteiger partial charge is 0.492 e. The van der Waals surface area contributed by atoms with Crippen LogP contribution in [0.25, 0.3) is 11.1 Å². The van der Waals surface area contributed by atoms with Gasteiger partial charge in [-0.1, -0.05) is 79.2 Å². The lowest BCUT2D eigenvalue weighted by Crippen LogP contribution is -2.19. The van der Waals surface area contributed by atoms with Gasteiger partial charge in [0.05, 0.1) is 0 Å². The van der Waals surface area contributed by atoms with E-state index in [2.05, 4.69) is 112 Å². The number of aryl methyl sites for hydroxylation is 1. The summed E-state index contributed by atoms with van der Waals surface area (Å²) in [6.07, 6.45) is 0.967. The van der Waals surface area contributed by atoms with Crippen molar-refractivity contribution in [1.29, 1.82) is 0 Å². The zero-order valence-corrected chi connectivity index (χ0v) is 18.0. The summed E-state index contributed by atoms with van der Waals surface area (Å²) < 4.78 is 5.88. The van der Waals surface area contributed by atoms with Crippen LogP contribution in [0.1, 0.15) is 35.6 Å². The number of nitrogens with zero attached hydrogens (tertiary/aromatic N) is 1. The molecule has 3 rings (SSSR count). The van der Waals surface area contributed by atoms with Gasteiger partial charge in [0.15, 0.2) is 0 Å². The van der Waals surface area contributed by atoms with Crippen LogP contribution >= 0.6 is 0 Å². The van der Waals surface area contributed by atoms with Gasteiger partial charge < -0.3 is 9.64 Å². The standard InChI is InChI=1S/C27H31NO/c1-5-26(22-13-11-21(2)12-14-22)27(23-9-7-6-8-10-23)24-15-17-25(18-16-24)29-20-19-28(3)4/h6-18H,5,19-20H2,1-4H3. The number of allylic oxidation sites excluding steroid dienone is 1. The minimum Gasteiger partial charge on any atom is -0.492 e. The quantitative estimate of drug-likeness (QED) is 0.422. The molecule has 0 N–H and O–H groups in total. The van der Waals surface area contributed by atoms with E-state index in [1.807, 2.05) is 0 Å². The summed E-state index contributed by atoms with van der Waals surface area (Å²) in [6.45, 7) is 5.96. The van der Waals surface area contributed by atoms with Crippen molar-refractivity contribution < 1.29 is 4.74 Å². The van der Waals surface area contributed by atoms with Crippen molar-refractivity contribution >= 4 is 11.1 Å². The summed E-state index contributed by atoms with van der Waals surface area (Å²) in [6, 6.07) is 28.0. The highest BCUT2D eigenvalue weighted by Gasteiger charge is 2.13. The molecule has 0 atom stereocenters. The van der Waals surface area contributed by atoms with E-state index in [0.717, 1.165) is 18.7 Å². The van der Waals surface area contributed by atoms with Gasteiger partial charge in [-0.15, -0.1) is 0 Å². The number of rotatable bonds is 8. The van der Waals surface area contributed by atoms with Crippen molar-refractivity contribution in [1.82, 2.24) is 4.90 Å². The van der Waals surface area contributed by atoms with E-state index in [-0.39, 0.29) is 0 Å². The molecule has 0 saturated carbocycles. The number of benzene rings is 3. The van der Waals surface area contributed by atoms with Crippen LogP contribution < -0.4 is 4.74 Å². The normalized spacial score (nSPS) is 12.0.